The van der Waals surface area contributed by atoms with E-state index in [0.29, 0.717) is 0 Å². The van der Waals surface area contributed by atoms with Crippen LogP contribution >= 0.6 is 12.4 Å². The summed E-state index contributed by atoms with van der Waals surface area (Å²) >= 11 is -5.62. The molecule has 0 rings (SSSR count). The molecule has 0 aliphatic rings. The molecule has 0 saturated heterocycles. The third-order valence-corrected chi connectivity index (χ3v) is 0. The normalized spacial score (nSPS) is 7.25. The van der Waals surface area contributed by atoms with Gasteiger partial charge in [0.25, 0.3) is 0 Å². The average Bonchev–Trinajstić information content (AvgIpc) is 0.722. The summed E-state index contributed by atoms with van der Waals surface area (Å²) in [5, 5.41) is 0. The summed E-state index contributed by atoms with van der Waals surface area (Å²) in [6, 6.07) is 0. The van der Waals surface area contributed by atoms with Crippen molar-refractivity contribution < 1.29 is 132 Å². The Labute approximate surface area is 140 Å². The van der Waals surface area contributed by atoms with Crippen molar-refractivity contribution in [1.29, 1.82) is 0 Å². The van der Waals surface area contributed by atoms with Gasteiger partial charge in [0.05, 0.1) is 0 Å². The minimum atomic E-state index is -5.62. The Morgan fingerprint density at radius 1 is 1.00 bits per heavy atom. The average molecular weight is 234 g/mol. The zero-order valence-electron chi connectivity index (χ0n) is 4.42. The van der Waals surface area contributed by atoms with Gasteiger partial charge in [-0.3, -0.25) is 0 Å². The molecule has 0 bridgehead atoms. The Bertz CT molecular complexity index is 97.2. The summed E-state index contributed by atoms with van der Waals surface area (Å²) in [5.41, 5.74) is 0. The first kappa shape index (κ1) is 22.6. The van der Waals surface area contributed by atoms with Gasteiger partial charge in [0.15, 0.2) is 0 Å². The molecule has 0 aromatic heterocycles. The van der Waals surface area contributed by atoms with Crippen LogP contribution in [0.1, 0.15) is 0 Å². The van der Waals surface area contributed by atoms with E-state index in [1.165, 1.54) is 0 Å². The van der Waals surface area contributed by atoms with Crippen molar-refractivity contribution in [2.75, 3.05) is 0 Å². The molecule has 0 N–H and O–H groups in total. The van der Waals surface area contributed by atoms with E-state index in [9.17, 15) is 0 Å². The van der Waals surface area contributed by atoms with Crippen molar-refractivity contribution in [3.63, 3.8) is 0 Å². The monoisotopic (exact) mass is 233 g/mol. The fourth-order valence-electron chi connectivity index (χ4n) is 0. The van der Waals surface area contributed by atoms with E-state index in [0.717, 1.165) is 0 Å². The van der Waals surface area contributed by atoms with Gasteiger partial charge in [-0.05, 0) is 0 Å². The third kappa shape index (κ3) is 54.8. The van der Waals surface area contributed by atoms with Gasteiger partial charge in [0.2, 0.25) is 0 Å². The topological polar surface area (TPSA) is 80.3 Å². The van der Waals surface area contributed by atoms with Gasteiger partial charge in [0.1, 0.15) is 0 Å². The summed E-state index contributed by atoms with van der Waals surface area (Å²) in [5.74, 6) is 0. The Morgan fingerprint density at radius 3 is 1.00 bits per heavy atom. The minimum absolute atomic E-state index is 0. The van der Waals surface area contributed by atoms with Crippen LogP contribution < -0.4 is 111 Å². The second-order valence-electron chi connectivity index (χ2n) is 0.378. The van der Waals surface area contributed by atoms with E-state index in [-0.39, 0.29) is 115 Å². The molecule has 0 atom stereocenters. The van der Waals surface area contributed by atoms with Crippen LogP contribution in [-0.2, 0) is 21.0 Å². The molecule has 0 aromatic rings. The van der Waals surface area contributed by atoms with Crippen molar-refractivity contribution in [1.82, 2.24) is 0 Å². The molecule has 0 heterocycles. The van der Waals surface area contributed by atoms with Crippen molar-refractivity contribution in [3.8, 4) is 0 Å². The van der Waals surface area contributed by atoms with Crippen LogP contribution in [0.4, 0.5) is 0 Å². The van der Waals surface area contributed by atoms with Crippen molar-refractivity contribution in [2.45, 2.75) is 0 Å². The molecule has 8 heavy (non-hydrogen) atoms. The maximum absolute atomic E-state index is 8.58. The standard InChI is InChI=1S/ClH.2K.Mn.4O/h1H;;;;;;;/q;2*+1;;;;2*-1. The summed E-state index contributed by atoms with van der Waals surface area (Å²) in [6.45, 7) is 0. The van der Waals surface area contributed by atoms with E-state index >= 15 is 0 Å². The van der Waals surface area contributed by atoms with Crippen LogP contribution in [0.15, 0.2) is 0 Å². The fourth-order valence-corrected chi connectivity index (χ4v) is 0. The number of halogens is 1. The first-order chi connectivity index (χ1) is 2.00. The fraction of sp³-hybridized carbons (Fsp3) is 0. The van der Waals surface area contributed by atoms with Gasteiger partial charge in [-0.15, -0.1) is 12.4 Å². The van der Waals surface area contributed by atoms with E-state index in [2.05, 4.69) is 0 Å². The Morgan fingerprint density at radius 2 is 1.00 bits per heavy atom. The van der Waals surface area contributed by atoms with Crippen molar-refractivity contribution >= 4 is 12.4 Å². The van der Waals surface area contributed by atoms with E-state index in [1.807, 2.05) is 0 Å². The van der Waals surface area contributed by atoms with E-state index in [1.54, 1.807) is 0 Å². The zero-order valence-corrected chi connectivity index (χ0v) is 12.7. The van der Waals surface area contributed by atoms with Crippen LogP contribution in [0, 0.1) is 0 Å². The Kier molecular flexibility index (Phi) is 29.9. The van der Waals surface area contributed by atoms with Gasteiger partial charge in [-0.2, -0.15) is 0 Å². The first-order valence-corrected chi connectivity index (χ1v) is 2.54. The third-order valence-electron chi connectivity index (χ3n) is 0. The molecule has 0 unspecified atom stereocenters. The SMILES string of the molecule is Cl.[K+].[K+].[O]=[Mn](=[O])([O-])[O-]. The molecule has 41 valence electrons. The van der Waals surface area contributed by atoms with E-state index < -0.39 is 13.4 Å². The van der Waals surface area contributed by atoms with Crippen LogP contribution in [0.3, 0.4) is 0 Å². The van der Waals surface area contributed by atoms with E-state index in [4.69, 9.17) is 16.0 Å². The summed E-state index contributed by atoms with van der Waals surface area (Å²) in [4.78, 5) is 0. The molecule has 0 fully saturated rings. The molecule has 0 aromatic carbocycles. The molecule has 0 amide bonds. The first-order valence-electron chi connectivity index (χ1n) is 0.617. The number of hydrogen-bond donors (Lipinski definition) is 0. The molecule has 0 aliphatic heterocycles. The molecular formula is HClK2MnO4. The van der Waals surface area contributed by atoms with Gasteiger partial charge in [0, 0.05) is 0 Å². The van der Waals surface area contributed by atoms with Crippen LogP contribution in [0.2, 0.25) is 0 Å². The zero-order chi connectivity index (χ0) is 4.50. The van der Waals surface area contributed by atoms with Gasteiger partial charge in [-0.1, -0.05) is 0 Å². The van der Waals surface area contributed by atoms with Gasteiger partial charge >= 0.3 is 132 Å². The van der Waals surface area contributed by atoms with Gasteiger partial charge < -0.3 is 0 Å². The van der Waals surface area contributed by atoms with Crippen LogP contribution in [0.5, 0.6) is 0 Å². The Balaban J connectivity index is -0.0000000267. The van der Waals surface area contributed by atoms with Crippen molar-refractivity contribution in [3.05, 3.63) is 0 Å². The molecule has 0 aliphatic carbocycles. The second kappa shape index (κ2) is 10.6. The van der Waals surface area contributed by atoms with Crippen molar-refractivity contribution in [2.24, 2.45) is 0 Å². The number of rotatable bonds is 0. The second-order valence-corrected chi connectivity index (χ2v) is 1.56. The molecular weight excluding hydrogens is 233 g/mol. The maximum atomic E-state index is 8.58. The van der Waals surface area contributed by atoms with Crippen LogP contribution in [-0.4, -0.2) is 0 Å². The van der Waals surface area contributed by atoms with Gasteiger partial charge in [-0.25, -0.2) is 0 Å². The predicted molar refractivity (Wildman–Crippen MR) is 8.62 cm³/mol. The van der Waals surface area contributed by atoms with Crippen LogP contribution in [0.25, 0.3) is 0 Å². The molecule has 8 heteroatoms. The summed E-state index contributed by atoms with van der Waals surface area (Å²) in [7, 11) is 0. The quantitative estimate of drug-likeness (QED) is 0.389. The summed E-state index contributed by atoms with van der Waals surface area (Å²) < 4.78 is 34.3. The predicted octanol–water partition coefficient (Wildman–Crippen LogP) is -8.19. The molecule has 0 radical (unpaired) electrons. The number of hydrogen-bond acceptors (Lipinski definition) is 4. The molecule has 4 nitrogen and oxygen atoms in total. The summed E-state index contributed by atoms with van der Waals surface area (Å²) in [6.07, 6.45) is 0. The molecule has 0 saturated carbocycles. The molecule has 0 spiro atoms. The Hall–Kier alpha value is 3.60.